The third kappa shape index (κ3) is 20.9. The van der Waals surface area contributed by atoms with Crippen LogP contribution in [0.3, 0.4) is 0 Å². The Kier molecular flexibility index (Phi) is 19.1. The summed E-state index contributed by atoms with van der Waals surface area (Å²) in [5.41, 5.74) is 0. The molecule has 0 amide bonds. The van der Waals surface area contributed by atoms with Crippen LogP contribution in [-0.2, 0) is 4.79 Å². The van der Waals surface area contributed by atoms with Crippen molar-refractivity contribution < 1.29 is 9.90 Å². The molecule has 0 rings (SSSR count). The molecule has 2 nitrogen and oxygen atoms in total. The number of allylic oxidation sites excluding steroid dienone is 3. The zero-order valence-corrected chi connectivity index (χ0v) is 16.0. The minimum atomic E-state index is -0.883. The van der Waals surface area contributed by atoms with Crippen molar-refractivity contribution in [1.82, 2.24) is 0 Å². The lowest BCUT2D eigenvalue weighted by molar-refractivity contribution is -0.131. The first-order chi connectivity index (χ1) is 11.8. The summed E-state index contributed by atoms with van der Waals surface area (Å²) >= 11 is 0. The number of carboxylic acid groups (broad SMARTS) is 1. The van der Waals surface area contributed by atoms with Crippen LogP contribution in [0, 0.1) is 0 Å². The van der Waals surface area contributed by atoms with Gasteiger partial charge in [0.15, 0.2) is 0 Å². The summed E-state index contributed by atoms with van der Waals surface area (Å²) in [6, 6.07) is 0. The van der Waals surface area contributed by atoms with Gasteiger partial charge in [0.25, 0.3) is 0 Å². The molecular formula is C22H40O2. The molecule has 0 aromatic heterocycles. The summed E-state index contributed by atoms with van der Waals surface area (Å²) in [6.07, 6.45) is 28.6. The quantitative estimate of drug-likeness (QED) is 0.160. The molecule has 0 heterocycles. The molecule has 0 aliphatic carbocycles. The van der Waals surface area contributed by atoms with E-state index in [4.69, 9.17) is 5.11 Å². The number of hydrogen-bond donors (Lipinski definition) is 1. The highest BCUT2D eigenvalue weighted by Gasteiger charge is 1.94. The number of carboxylic acids is 1. The third-order valence-corrected chi connectivity index (χ3v) is 4.46. The summed E-state index contributed by atoms with van der Waals surface area (Å²) in [7, 11) is 0. The third-order valence-electron chi connectivity index (χ3n) is 4.46. The van der Waals surface area contributed by atoms with Gasteiger partial charge in [-0.15, -0.1) is 0 Å². The molecule has 0 saturated heterocycles. The smallest absolute Gasteiger partial charge is 0.328 e. The maximum atomic E-state index is 10.3. The van der Waals surface area contributed by atoms with Gasteiger partial charge in [-0.1, -0.05) is 115 Å². The van der Waals surface area contributed by atoms with E-state index in [0.717, 1.165) is 6.42 Å². The Labute approximate surface area is 150 Å². The summed E-state index contributed by atoms with van der Waals surface area (Å²) < 4.78 is 0. The zero-order chi connectivity index (χ0) is 17.7. The lowest BCUT2D eigenvalue weighted by Gasteiger charge is -2.03. The van der Waals surface area contributed by atoms with Gasteiger partial charge in [0.2, 0.25) is 0 Å². The van der Waals surface area contributed by atoms with E-state index in [1.54, 1.807) is 6.08 Å². The van der Waals surface area contributed by atoms with E-state index in [0.29, 0.717) is 0 Å². The molecule has 0 fully saturated rings. The van der Waals surface area contributed by atoms with Crippen LogP contribution in [-0.4, -0.2) is 11.1 Å². The maximum Gasteiger partial charge on any atom is 0.328 e. The van der Waals surface area contributed by atoms with Crippen LogP contribution in [0.4, 0.5) is 0 Å². The molecule has 0 saturated carbocycles. The average Bonchev–Trinajstić information content (AvgIpc) is 2.56. The predicted octanol–water partition coefficient (Wildman–Crippen LogP) is 7.44. The molecule has 0 bridgehead atoms. The minimum absolute atomic E-state index is 0.883. The molecule has 0 aromatic carbocycles. The molecule has 24 heavy (non-hydrogen) atoms. The second kappa shape index (κ2) is 20.0. The van der Waals surface area contributed by atoms with E-state index in [2.05, 4.69) is 13.0 Å². The van der Waals surface area contributed by atoms with E-state index in [9.17, 15) is 4.79 Å². The van der Waals surface area contributed by atoms with Gasteiger partial charge in [0.1, 0.15) is 0 Å². The van der Waals surface area contributed by atoms with E-state index < -0.39 is 5.97 Å². The van der Waals surface area contributed by atoms with Crippen molar-refractivity contribution in [3.8, 4) is 0 Å². The van der Waals surface area contributed by atoms with Crippen molar-refractivity contribution in [3.05, 3.63) is 24.3 Å². The second-order valence-corrected chi connectivity index (χ2v) is 6.86. The van der Waals surface area contributed by atoms with Crippen LogP contribution in [0.5, 0.6) is 0 Å². The van der Waals surface area contributed by atoms with Gasteiger partial charge in [-0.05, 0) is 12.8 Å². The molecular weight excluding hydrogens is 296 g/mol. The zero-order valence-electron chi connectivity index (χ0n) is 16.0. The fraction of sp³-hybridized carbons (Fsp3) is 0.773. The van der Waals surface area contributed by atoms with Gasteiger partial charge in [-0.25, -0.2) is 4.79 Å². The Morgan fingerprint density at radius 1 is 0.667 bits per heavy atom. The van der Waals surface area contributed by atoms with E-state index in [1.165, 1.54) is 102 Å². The van der Waals surface area contributed by atoms with Crippen LogP contribution >= 0.6 is 0 Å². The Morgan fingerprint density at radius 3 is 1.50 bits per heavy atom. The molecule has 1 N–H and O–H groups in total. The monoisotopic (exact) mass is 336 g/mol. The molecule has 140 valence electrons. The van der Waals surface area contributed by atoms with Crippen molar-refractivity contribution in [3.63, 3.8) is 0 Å². The van der Waals surface area contributed by atoms with Crippen molar-refractivity contribution in [2.24, 2.45) is 0 Å². The topological polar surface area (TPSA) is 37.3 Å². The Balaban J connectivity index is 3.09. The van der Waals surface area contributed by atoms with Crippen molar-refractivity contribution >= 4 is 5.97 Å². The van der Waals surface area contributed by atoms with Gasteiger partial charge in [0, 0.05) is 6.08 Å². The van der Waals surface area contributed by atoms with Crippen LogP contribution in [0.2, 0.25) is 0 Å². The second-order valence-electron chi connectivity index (χ2n) is 6.86. The SMILES string of the molecule is CCCCCCCCCCCCCCCCC/C=C/C=C\C(=O)O. The molecule has 0 aliphatic rings. The number of hydrogen-bond acceptors (Lipinski definition) is 1. The van der Waals surface area contributed by atoms with Crippen LogP contribution in [0.1, 0.15) is 110 Å². The summed E-state index contributed by atoms with van der Waals surface area (Å²) in [5.74, 6) is -0.883. The molecule has 0 unspecified atom stereocenters. The fourth-order valence-corrected chi connectivity index (χ4v) is 2.95. The minimum Gasteiger partial charge on any atom is -0.478 e. The van der Waals surface area contributed by atoms with Crippen molar-refractivity contribution in [2.45, 2.75) is 110 Å². The highest BCUT2D eigenvalue weighted by molar-refractivity contribution is 5.80. The predicted molar refractivity (Wildman–Crippen MR) is 105 cm³/mol. The van der Waals surface area contributed by atoms with Gasteiger partial charge in [-0.2, -0.15) is 0 Å². The van der Waals surface area contributed by atoms with E-state index >= 15 is 0 Å². The van der Waals surface area contributed by atoms with Crippen molar-refractivity contribution in [1.29, 1.82) is 0 Å². The highest BCUT2D eigenvalue weighted by Crippen LogP contribution is 2.13. The average molecular weight is 337 g/mol. The summed E-state index contributed by atoms with van der Waals surface area (Å²) in [6.45, 7) is 2.28. The number of aliphatic carboxylic acids is 1. The highest BCUT2D eigenvalue weighted by atomic mass is 16.4. The molecule has 0 spiro atoms. The Morgan fingerprint density at radius 2 is 1.08 bits per heavy atom. The first-order valence-electron chi connectivity index (χ1n) is 10.3. The fourth-order valence-electron chi connectivity index (χ4n) is 2.95. The Bertz CT molecular complexity index is 318. The van der Waals surface area contributed by atoms with Crippen molar-refractivity contribution in [2.75, 3.05) is 0 Å². The standard InChI is InChI=1S/C22H40O2/c1-2-3-4-5-6-7-8-9-10-11-12-13-14-15-16-17-18-19-20-21-22(23)24/h18-21H,2-17H2,1H3,(H,23,24)/b19-18+,21-20-. The van der Waals surface area contributed by atoms with E-state index in [1.807, 2.05) is 6.08 Å². The molecule has 0 aromatic rings. The maximum absolute atomic E-state index is 10.3. The normalized spacial score (nSPS) is 11.7. The van der Waals surface area contributed by atoms with Gasteiger partial charge in [-0.3, -0.25) is 0 Å². The summed E-state index contributed by atoms with van der Waals surface area (Å²) in [4.78, 5) is 10.3. The molecule has 0 aliphatic heterocycles. The molecule has 0 atom stereocenters. The first-order valence-corrected chi connectivity index (χ1v) is 10.3. The molecule has 0 radical (unpaired) electrons. The lowest BCUT2D eigenvalue weighted by atomic mass is 10.0. The van der Waals surface area contributed by atoms with Crippen LogP contribution < -0.4 is 0 Å². The molecule has 2 heteroatoms. The number of rotatable bonds is 18. The van der Waals surface area contributed by atoms with Gasteiger partial charge >= 0.3 is 5.97 Å². The first kappa shape index (κ1) is 22.9. The van der Waals surface area contributed by atoms with Gasteiger partial charge < -0.3 is 5.11 Å². The Hall–Kier alpha value is -1.05. The lowest BCUT2D eigenvalue weighted by Crippen LogP contribution is -1.84. The van der Waals surface area contributed by atoms with Crippen LogP contribution in [0.25, 0.3) is 0 Å². The summed E-state index contributed by atoms with van der Waals surface area (Å²) in [5, 5.41) is 8.44. The van der Waals surface area contributed by atoms with E-state index in [-0.39, 0.29) is 0 Å². The van der Waals surface area contributed by atoms with Gasteiger partial charge in [0.05, 0.1) is 0 Å². The number of unbranched alkanes of at least 4 members (excludes halogenated alkanes) is 15. The van der Waals surface area contributed by atoms with Crippen LogP contribution in [0.15, 0.2) is 24.3 Å². The number of carbonyl (C=O) groups is 1. The largest absolute Gasteiger partial charge is 0.478 e.